The largest absolute Gasteiger partial charge is 0.507 e. The quantitative estimate of drug-likeness (QED) is 0.433. The minimum absolute atomic E-state index is 0.251. The number of phenols is 2. The molecule has 0 amide bonds. The van der Waals surface area contributed by atoms with Crippen LogP contribution >= 0.6 is 0 Å². The van der Waals surface area contributed by atoms with Gasteiger partial charge in [0.1, 0.15) is 17.1 Å². The van der Waals surface area contributed by atoms with Crippen LogP contribution in [-0.4, -0.2) is 27.1 Å². The lowest BCUT2D eigenvalue weighted by molar-refractivity contribution is 0.0693. The Hall–Kier alpha value is -3.00. The SMILES string of the molecule is O=C(O)c1cc(C(=O)C#CC2=CC=CC2)c(O)cc1O. The van der Waals surface area contributed by atoms with E-state index in [1.54, 1.807) is 6.08 Å². The van der Waals surface area contributed by atoms with Gasteiger partial charge in [-0.2, -0.15) is 0 Å². The van der Waals surface area contributed by atoms with Gasteiger partial charge in [0.2, 0.25) is 5.78 Å². The highest BCUT2D eigenvalue weighted by atomic mass is 16.4. The molecule has 2 rings (SSSR count). The molecule has 0 saturated heterocycles. The van der Waals surface area contributed by atoms with Crippen molar-refractivity contribution in [2.45, 2.75) is 6.42 Å². The van der Waals surface area contributed by atoms with Crippen LogP contribution in [0.15, 0.2) is 35.9 Å². The molecule has 0 bridgehead atoms. The van der Waals surface area contributed by atoms with Crippen LogP contribution in [0, 0.1) is 11.8 Å². The third-order valence-electron chi connectivity index (χ3n) is 2.70. The molecule has 0 atom stereocenters. The number of allylic oxidation sites excluding steroid dienone is 4. The summed E-state index contributed by atoms with van der Waals surface area (Å²) in [6.07, 6.45) is 6.10. The monoisotopic (exact) mass is 270 g/mol. The van der Waals surface area contributed by atoms with Crippen molar-refractivity contribution in [2.75, 3.05) is 0 Å². The summed E-state index contributed by atoms with van der Waals surface area (Å²) in [5.41, 5.74) is 0.0454. The van der Waals surface area contributed by atoms with Gasteiger partial charge < -0.3 is 15.3 Å². The number of aromatic carboxylic acids is 1. The van der Waals surface area contributed by atoms with Crippen molar-refractivity contribution in [1.82, 2.24) is 0 Å². The van der Waals surface area contributed by atoms with Gasteiger partial charge in [0.25, 0.3) is 0 Å². The number of carbonyl (C=O) groups excluding carboxylic acids is 1. The van der Waals surface area contributed by atoms with Crippen molar-refractivity contribution < 1.29 is 24.9 Å². The molecule has 0 fully saturated rings. The zero-order valence-electron chi connectivity index (χ0n) is 10.3. The number of ketones is 1. The summed E-state index contributed by atoms with van der Waals surface area (Å²) in [6.45, 7) is 0. The highest BCUT2D eigenvalue weighted by Crippen LogP contribution is 2.27. The molecule has 1 aliphatic carbocycles. The third-order valence-corrected chi connectivity index (χ3v) is 2.70. The van der Waals surface area contributed by atoms with E-state index in [0.29, 0.717) is 6.42 Å². The first-order chi connectivity index (χ1) is 9.49. The average molecular weight is 270 g/mol. The first-order valence-electron chi connectivity index (χ1n) is 5.70. The topological polar surface area (TPSA) is 94.8 Å². The fourth-order valence-corrected chi connectivity index (χ4v) is 1.67. The van der Waals surface area contributed by atoms with Gasteiger partial charge in [0, 0.05) is 11.6 Å². The Morgan fingerprint density at radius 3 is 2.40 bits per heavy atom. The van der Waals surface area contributed by atoms with Gasteiger partial charge in [-0.1, -0.05) is 24.1 Å². The van der Waals surface area contributed by atoms with Gasteiger partial charge in [-0.25, -0.2) is 4.79 Å². The molecule has 100 valence electrons. The second-order valence-corrected chi connectivity index (χ2v) is 4.09. The lowest BCUT2D eigenvalue weighted by Gasteiger charge is -2.04. The number of Topliss-reactive ketones (excluding diaryl/α,β-unsaturated/α-hetero) is 1. The zero-order valence-corrected chi connectivity index (χ0v) is 10.3. The Labute approximate surface area is 114 Å². The number of benzene rings is 1. The summed E-state index contributed by atoms with van der Waals surface area (Å²) in [5, 5.41) is 27.8. The predicted molar refractivity (Wildman–Crippen MR) is 70.7 cm³/mol. The highest BCUT2D eigenvalue weighted by Gasteiger charge is 2.17. The number of hydrogen-bond donors (Lipinski definition) is 3. The van der Waals surface area contributed by atoms with E-state index < -0.39 is 28.8 Å². The van der Waals surface area contributed by atoms with Crippen molar-refractivity contribution in [3.63, 3.8) is 0 Å². The first kappa shape index (κ1) is 13.4. The average Bonchev–Trinajstić information content (AvgIpc) is 2.88. The lowest BCUT2D eigenvalue weighted by Crippen LogP contribution is -2.02. The molecule has 3 N–H and O–H groups in total. The number of carboxylic acid groups (broad SMARTS) is 1. The van der Waals surface area contributed by atoms with Crippen LogP contribution in [0.2, 0.25) is 0 Å². The molecular formula is C15H10O5. The normalized spacial score (nSPS) is 12.5. The van der Waals surface area contributed by atoms with Crippen LogP contribution in [0.1, 0.15) is 27.1 Å². The summed E-state index contributed by atoms with van der Waals surface area (Å²) in [7, 11) is 0. The maximum atomic E-state index is 11.9. The van der Waals surface area contributed by atoms with Crippen molar-refractivity contribution in [1.29, 1.82) is 0 Å². The standard InChI is InChI=1S/C15H10O5/c16-12(6-5-9-3-1-2-4-9)10-7-11(15(19)20)14(18)8-13(10)17/h1-3,7-8,17-18H,4H2,(H,19,20). The van der Waals surface area contributed by atoms with Crippen LogP contribution in [-0.2, 0) is 0 Å². The second kappa shape index (κ2) is 5.33. The zero-order chi connectivity index (χ0) is 14.7. The molecule has 5 heteroatoms. The Morgan fingerprint density at radius 2 is 1.80 bits per heavy atom. The number of phenolic OH excluding ortho intramolecular Hbond substituents is 1. The van der Waals surface area contributed by atoms with Crippen LogP contribution < -0.4 is 0 Å². The number of carbonyl (C=O) groups is 2. The molecule has 1 aromatic carbocycles. The first-order valence-corrected chi connectivity index (χ1v) is 5.70. The molecule has 5 nitrogen and oxygen atoms in total. The molecule has 0 spiro atoms. The van der Waals surface area contributed by atoms with E-state index in [0.717, 1.165) is 17.7 Å². The summed E-state index contributed by atoms with van der Waals surface area (Å²) >= 11 is 0. The van der Waals surface area contributed by atoms with Crippen LogP contribution in [0.25, 0.3) is 0 Å². The molecule has 0 aliphatic heterocycles. The fraction of sp³-hybridized carbons (Fsp3) is 0.0667. The van der Waals surface area contributed by atoms with E-state index in [-0.39, 0.29) is 5.56 Å². The van der Waals surface area contributed by atoms with Gasteiger partial charge in [0.15, 0.2) is 0 Å². The molecule has 0 unspecified atom stereocenters. The molecule has 0 heterocycles. The molecule has 1 aromatic rings. The number of rotatable bonds is 2. The molecule has 0 radical (unpaired) electrons. The Morgan fingerprint density at radius 1 is 1.10 bits per heavy atom. The Balaban J connectivity index is 2.34. The highest BCUT2D eigenvalue weighted by molar-refractivity contribution is 6.12. The van der Waals surface area contributed by atoms with E-state index in [1.165, 1.54) is 0 Å². The summed E-state index contributed by atoms with van der Waals surface area (Å²) < 4.78 is 0. The Kier molecular flexibility index (Phi) is 3.58. The van der Waals surface area contributed by atoms with E-state index in [1.807, 2.05) is 12.2 Å². The van der Waals surface area contributed by atoms with Crippen molar-refractivity contribution >= 4 is 11.8 Å². The van der Waals surface area contributed by atoms with Gasteiger partial charge in [-0.15, -0.1) is 0 Å². The van der Waals surface area contributed by atoms with E-state index in [4.69, 9.17) is 5.11 Å². The van der Waals surface area contributed by atoms with Crippen molar-refractivity contribution in [2.24, 2.45) is 0 Å². The minimum atomic E-state index is -1.40. The molecule has 0 aromatic heterocycles. The number of carboxylic acids is 1. The third kappa shape index (κ3) is 2.70. The van der Waals surface area contributed by atoms with E-state index >= 15 is 0 Å². The maximum Gasteiger partial charge on any atom is 0.339 e. The molecule has 1 aliphatic rings. The summed E-state index contributed by atoms with van der Waals surface area (Å²) in [4.78, 5) is 22.7. The molecule has 0 saturated carbocycles. The predicted octanol–water partition coefficient (Wildman–Crippen LogP) is 1.87. The summed E-state index contributed by atoms with van der Waals surface area (Å²) in [6, 6.07) is 1.72. The second-order valence-electron chi connectivity index (χ2n) is 4.09. The lowest BCUT2D eigenvalue weighted by atomic mass is 10.0. The smallest absolute Gasteiger partial charge is 0.339 e. The minimum Gasteiger partial charge on any atom is -0.507 e. The fourth-order valence-electron chi connectivity index (χ4n) is 1.67. The Bertz CT molecular complexity index is 714. The van der Waals surface area contributed by atoms with Crippen LogP contribution in [0.4, 0.5) is 0 Å². The van der Waals surface area contributed by atoms with E-state index in [9.17, 15) is 19.8 Å². The van der Waals surface area contributed by atoms with Gasteiger partial charge >= 0.3 is 5.97 Å². The maximum absolute atomic E-state index is 11.9. The molecule has 20 heavy (non-hydrogen) atoms. The van der Waals surface area contributed by atoms with Gasteiger partial charge in [-0.3, -0.25) is 4.79 Å². The van der Waals surface area contributed by atoms with Crippen LogP contribution in [0.5, 0.6) is 11.5 Å². The van der Waals surface area contributed by atoms with Crippen molar-refractivity contribution in [3.8, 4) is 23.3 Å². The number of hydrogen-bond acceptors (Lipinski definition) is 4. The molecular weight excluding hydrogens is 260 g/mol. The van der Waals surface area contributed by atoms with E-state index in [2.05, 4.69) is 11.8 Å². The summed E-state index contributed by atoms with van der Waals surface area (Å²) in [5.74, 6) is 1.76. The van der Waals surface area contributed by atoms with Gasteiger partial charge in [-0.05, 0) is 18.4 Å². The van der Waals surface area contributed by atoms with Gasteiger partial charge in [0.05, 0.1) is 5.56 Å². The number of aromatic hydroxyl groups is 2. The van der Waals surface area contributed by atoms with Crippen molar-refractivity contribution in [3.05, 3.63) is 47.1 Å². The van der Waals surface area contributed by atoms with Crippen LogP contribution in [0.3, 0.4) is 0 Å².